The standard InChI is InChI=1S/C19H19FN4O2/c1-13(2)25-19-18(22-8-9-23-19)24-11-14-5-6-17(16(20)10-14)26-15-4-3-7-21-12-15/h3-10,12-13H,11H2,1-2H3,(H,22,24). The molecule has 0 bridgehead atoms. The van der Waals surface area contributed by atoms with E-state index in [1.54, 1.807) is 42.9 Å². The summed E-state index contributed by atoms with van der Waals surface area (Å²) in [7, 11) is 0. The fourth-order valence-corrected chi connectivity index (χ4v) is 2.21. The summed E-state index contributed by atoms with van der Waals surface area (Å²) in [5.74, 6) is 1.10. The molecule has 2 heterocycles. The van der Waals surface area contributed by atoms with Crippen LogP contribution in [0.5, 0.6) is 17.4 Å². The van der Waals surface area contributed by atoms with Crippen LogP contribution in [0, 0.1) is 5.82 Å². The molecule has 0 amide bonds. The van der Waals surface area contributed by atoms with Crippen molar-refractivity contribution in [3.8, 4) is 17.4 Å². The van der Waals surface area contributed by atoms with Gasteiger partial charge in [-0.05, 0) is 43.7 Å². The number of hydrogen-bond acceptors (Lipinski definition) is 6. The number of halogens is 1. The van der Waals surface area contributed by atoms with Gasteiger partial charge in [0.05, 0.1) is 12.3 Å². The predicted molar refractivity (Wildman–Crippen MR) is 95.8 cm³/mol. The molecule has 3 aromatic rings. The number of hydrogen-bond donors (Lipinski definition) is 1. The number of anilines is 1. The molecule has 0 radical (unpaired) electrons. The number of benzene rings is 1. The second-order valence-electron chi connectivity index (χ2n) is 5.79. The quantitative estimate of drug-likeness (QED) is 0.686. The number of pyridine rings is 1. The molecule has 3 rings (SSSR count). The van der Waals surface area contributed by atoms with Crippen LogP contribution in [0.25, 0.3) is 0 Å². The zero-order valence-corrected chi connectivity index (χ0v) is 14.5. The summed E-state index contributed by atoms with van der Waals surface area (Å²) in [6, 6.07) is 8.22. The Balaban J connectivity index is 1.67. The summed E-state index contributed by atoms with van der Waals surface area (Å²) >= 11 is 0. The summed E-state index contributed by atoms with van der Waals surface area (Å²) in [6.45, 7) is 4.20. The van der Waals surface area contributed by atoms with Crippen LogP contribution in [0.4, 0.5) is 10.2 Å². The van der Waals surface area contributed by atoms with E-state index in [9.17, 15) is 4.39 Å². The van der Waals surface area contributed by atoms with Gasteiger partial charge < -0.3 is 14.8 Å². The monoisotopic (exact) mass is 354 g/mol. The normalized spacial score (nSPS) is 10.6. The number of nitrogens with one attached hydrogen (secondary N) is 1. The number of nitrogens with zero attached hydrogens (tertiary/aromatic N) is 3. The summed E-state index contributed by atoms with van der Waals surface area (Å²) in [5.41, 5.74) is 0.738. The molecule has 2 aromatic heterocycles. The Morgan fingerprint density at radius 3 is 2.69 bits per heavy atom. The van der Waals surface area contributed by atoms with Gasteiger partial charge in [-0.3, -0.25) is 4.98 Å². The van der Waals surface area contributed by atoms with E-state index < -0.39 is 5.82 Å². The molecule has 7 heteroatoms. The fraction of sp³-hybridized carbons (Fsp3) is 0.211. The molecular formula is C19H19FN4O2. The molecule has 0 aliphatic rings. The minimum Gasteiger partial charge on any atom is -0.472 e. The smallest absolute Gasteiger partial charge is 0.257 e. The second kappa shape index (κ2) is 8.24. The molecule has 0 aliphatic carbocycles. The highest BCUT2D eigenvalue weighted by Gasteiger charge is 2.10. The maximum atomic E-state index is 14.3. The fourth-order valence-electron chi connectivity index (χ4n) is 2.21. The van der Waals surface area contributed by atoms with E-state index >= 15 is 0 Å². The first-order chi connectivity index (χ1) is 12.6. The molecule has 0 atom stereocenters. The Hall–Kier alpha value is -3.22. The van der Waals surface area contributed by atoms with Crippen molar-refractivity contribution >= 4 is 5.82 Å². The molecule has 0 saturated heterocycles. The predicted octanol–water partition coefficient (Wildman–Crippen LogP) is 4.20. The van der Waals surface area contributed by atoms with Crippen molar-refractivity contribution in [2.75, 3.05) is 5.32 Å². The van der Waals surface area contributed by atoms with Gasteiger partial charge in [-0.1, -0.05) is 6.07 Å². The first kappa shape index (κ1) is 17.6. The van der Waals surface area contributed by atoms with Gasteiger partial charge in [0, 0.05) is 25.1 Å². The van der Waals surface area contributed by atoms with Crippen molar-refractivity contribution in [2.45, 2.75) is 26.5 Å². The van der Waals surface area contributed by atoms with E-state index in [0.717, 1.165) is 5.56 Å². The van der Waals surface area contributed by atoms with E-state index in [-0.39, 0.29) is 11.9 Å². The minimum absolute atomic E-state index is 0.0198. The highest BCUT2D eigenvalue weighted by molar-refractivity contribution is 5.45. The maximum absolute atomic E-state index is 14.3. The van der Waals surface area contributed by atoms with Gasteiger partial charge in [0.1, 0.15) is 5.75 Å². The Bertz CT molecular complexity index is 859. The molecule has 1 aromatic carbocycles. The van der Waals surface area contributed by atoms with Crippen molar-refractivity contribution in [3.63, 3.8) is 0 Å². The molecule has 0 fully saturated rings. The van der Waals surface area contributed by atoms with E-state index in [4.69, 9.17) is 9.47 Å². The van der Waals surface area contributed by atoms with Gasteiger partial charge in [-0.2, -0.15) is 0 Å². The van der Waals surface area contributed by atoms with Gasteiger partial charge in [0.25, 0.3) is 5.88 Å². The van der Waals surface area contributed by atoms with Crippen molar-refractivity contribution in [1.82, 2.24) is 15.0 Å². The molecule has 26 heavy (non-hydrogen) atoms. The molecule has 6 nitrogen and oxygen atoms in total. The third-order valence-electron chi connectivity index (χ3n) is 3.33. The van der Waals surface area contributed by atoms with Gasteiger partial charge >= 0.3 is 0 Å². The van der Waals surface area contributed by atoms with Crippen molar-refractivity contribution in [1.29, 1.82) is 0 Å². The van der Waals surface area contributed by atoms with Crippen LogP contribution in [0.3, 0.4) is 0 Å². The SMILES string of the molecule is CC(C)Oc1nccnc1NCc1ccc(Oc2cccnc2)c(F)c1. The summed E-state index contributed by atoms with van der Waals surface area (Å²) in [5, 5.41) is 3.12. The second-order valence-corrected chi connectivity index (χ2v) is 5.79. The largest absolute Gasteiger partial charge is 0.472 e. The first-order valence-corrected chi connectivity index (χ1v) is 8.19. The maximum Gasteiger partial charge on any atom is 0.257 e. The van der Waals surface area contributed by atoms with Crippen molar-refractivity contribution in [3.05, 3.63) is 66.5 Å². The summed E-state index contributed by atoms with van der Waals surface area (Å²) < 4.78 is 25.4. The molecule has 1 N–H and O–H groups in total. The Morgan fingerprint density at radius 2 is 1.96 bits per heavy atom. The van der Waals surface area contributed by atoms with E-state index in [0.29, 0.717) is 24.0 Å². The van der Waals surface area contributed by atoms with Crippen LogP contribution in [0.2, 0.25) is 0 Å². The molecule has 134 valence electrons. The lowest BCUT2D eigenvalue weighted by molar-refractivity contribution is 0.233. The summed E-state index contributed by atoms with van der Waals surface area (Å²) in [6.07, 6.45) is 6.27. The van der Waals surface area contributed by atoms with Crippen molar-refractivity contribution < 1.29 is 13.9 Å². The van der Waals surface area contributed by atoms with Crippen LogP contribution < -0.4 is 14.8 Å². The van der Waals surface area contributed by atoms with E-state index in [1.165, 1.54) is 12.3 Å². The van der Waals surface area contributed by atoms with Crippen LogP contribution in [-0.2, 0) is 6.54 Å². The number of aromatic nitrogens is 3. The van der Waals surface area contributed by atoms with Crippen LogP contribution in [0.15, 0.2) is 55.1 Å². The molecule has 0 aliphatic heterocycles. The lowest BCUT2D eigenvalue weighted by Crippen LogP contribution is -2.11. The Labute approximate surface area is 151 Å². The van der Waals surface area contributed by atoms with Gasteiger partial charge in [0.2, 0.25) is 0 Å². The third-order valence-corrected chi connectivity index (χ3v) is 3.33. The molecular weight excluding hydrogens is 335 g/mol. The molecule has 0 spiro atoms. The third kappa shape index (κ3) is 4.66. The lowest BCUT2D eigenvalue weighted by atomic mass is 10.2. The van der Waals surface area contributed by atoms with E-state index in [2.05, 4.69) is 20.3 Å². The van der Waals surface area contributed by atoms with Crippen LogP contribution >= 0.6 is 0 Å². The summed E-state index contributed by atoms with van der Waals surface area (Å²) in [4.78, 5) is 12.3. The molecule has 0 saturated carbocycles. The van der Waals surface area contributed by atoms with Crippen LogP contribution in [-0.4, -0.2) is 21.1 Å². The molecule has 0 unspecified atom stereocenters. The van der Waals surface area contributed by atoms with Crippen molar-refractivity contribution in [2.24, 2.45) is 0 Å². The van der Waals surface area contributed by atoms with Gasteiger partial charge in [-0.25, -0.2) is 14.4 Å². The topological polar surface area (TPSA) is 69.2 Å². The average molecular weight is 354 g/mol. The Morgan fingerprint density at radius 1 is 1.12 bits per heavy atom. The van der Waals surface area contributed by atoms with Gasteiger partial charge in [0.15, 0.2) is 17.4 Å². The highest BCUT2D eigenvalue weighted by atomic mass is 19.1. The average Bonchev–Trinajstić information content (AvgIpc) is 2.63. The lowest BCUT2D eigenvalue weighted by Gasteiger charge is -2.13. The van der Waals surface area contributed by atoms with Gasteiger partial charge in [-0.15, -0.1) is 0 Å². The zero-order valence-electron chi connectivity index (χ0n) is 14.5. The number of ether oxygens (including phenoxy) is 2. The first-order valence-electron chi connectivity index (χ1n) is 8.19. The highest BCUT2D eigenvalue weighted by Crippen LogP contribution is 2.25. The zero-order chi connectivity index (χ0) is 18.4. The van der Waals surface area contributed by atoms with Crippen LogP contribution in [0.1, 0.15) is 19.4 Å². The minimum atomic E-state index is -0.453. The Kier molecular flexibility index (Phi) is 5.58. The number of rotatable bonds is 7. The van der Waals surface area contributed by atoms with E-state index in [1.807, 2.05) is 13.8 Å².